The van der Waals surface area contributed by atoms with Crippen molar-refractivity contribution in [3.05, 3.63) is 107 Å². The highest BCUT2D eigenvalue weighted by atomic mass is 32.2. The lowest BCUT2D eigenvalue weighted by atomic mass is 10.0. The van der Waals surface area contributed by atoms with E-state index in [1.807, 2.05) is 36.4 Å². The smallest absolute Gasteiger partial charge is 0.243 e. The third kappa shape index (κ3) is 9.58. The Hall–Kier alpha value is -3.60. The number of aliphatic hydroxyl groups is 1. The largest absolute Gasteiger partial charge is 0.396 e. The van der Waals surface area contributed by atoms with Crippen LogP contribution in [0.2, 0.25) is 0 Å². The first kappa shape index (κ1) is 29.9. The van der Waals surface area contributed by atoms with Crippen LogP contribution in [0.15, 0.2) is 84.9 Å². The summed E-state index contributed by atoms with van der Waals surface area (Å²) in [4.78, 5) is 28.6. The number of amides is 2. The van der Waals surface area contributed by atoms with Gasteiger partial charge in [0.2, 0.25) is 21.8 Å². The van der Waals surface area contributed by atoms with Crippen molar-refractivity contribution in [1.29, 1.82) is 0 Å². The van der Waals surface area contributed by atoms with Gasteiger partial charge in [-0.3, -0.25) is 9.59 Å². The predicted octanol–water partition coefficient (Wildman–Crippen LogP) is 2.73. The Balaban J connectivity index is 1.97. The van der Waals surface area contributed by atoms with Gasteiger partial charge >= 0.3 is 0 Å². The number of hydrogen-bond acceptors (Lipinski definition) is 5. The zero-order valence-corrected chi connectivity index (χ0v) is 22.7. The van der Waals surface area contributed by atoms with E-state index in [1.165, 1.54) is 29.2 Å². The van der Waals surface area contributed by atoms with Gasteiger partial charge in [-0.1, -0.05) is 72.8 Å². The third-order valence-electron chi connectivity index (χ3n) is 6.15. The summed E-state index contributed by atoms with van der Waals surface area (Å²) < 4.78 is 40.0. The van der Waals surface area contributed by atoms with Crippen LogP contribution in [-0.4, -0.2) is 66.5 Å². The number of nitrogens with one attached hydrogen (secondary N) is 1. The average Bonchev–Trinajstić information content (AvgIpc) is 2.92. The second-order valence-corrected chi connectivity index (χ2v) is 11.2. The van der Waals surface area contributed by atoms with Gasteiger partial charge in [-0.15, -0.1) is 0 Å². The number of sulfonamides is 1. The molecule has 10 heteroatoms. The van der Waals surface area contributed by atoms with Crippen LogP contribution in [0, 0.1) is 5.82 Å². The number of halogens is 1. The molecule has 0 aliphatic heterocycles. The van der Waals surface area contributed by atoms with E-state index in [9.17, 15) is 22.4 Å². The van der Waals surface area contributed by atoms with Crippen LogP contribution in [0.4, 0.5) is 4.39 Å². The van der Waals surface area contributed by atoms with Crippen LogP contribution in [0.5, 0.6) is 0 Å². The number of aliphatic hydroxyl groups excluding tert-OH is 1. The number of carbonyl (C=O) groups is 2. The molecule has 0 bridgehead atoms. The highest BCUT2D eigenvalue weighted by Crippen LogP contribution is 2.17. The summed E-state index contributed by atoms with van der Waals surface area (Å²) in [7, 11) is -3.78. The second-order valence-electron chi connectivity index (χ2n) is 9.24. The van der Waals surface area contributed by atoms with Gasteiger partial charge in [0, 0.05) is 32.7 Å². The highest BCUT2D eigenvalue weighted by Gasteiger charge is 2.32. The molecule has 0 radical (unpaired) electrons. The summed E-state index contributed by atoms with van der Waals surface area (Å²) in [6, 6.07) is 22.7. The minimum absolute atomic E-state index is 0.0121. The van der Waals surface area contributed by atoms with Crippen molar-refractivity contribution in [2.75, 3.05) is 26.0 Å². The maximum atomic E-state index is 13.9. The van der Waals surface area contributed by atoms with Crippen LogP contribution in [0.3, 0.4) is 0 Å². The van der Waals surface area contributed by atoms with Gasteiger partial charge in [0.15, 0.2) is 0 Å². The highest BCUT2D eigenvalue weighted by molar-refractivity contribution is 7.88. The van der Waals surface area contributed by atoms with E-state index >= 15 is 0 Å². The van der Waals surface area contributed by atoms with E-state index in [0.717, 1.165) is 16.1 Å². The molecule has 3 aromatic rings. The summed E-state index contributed by atoms with van der Waals surface area (Å²) in [5.74, 6) is -1.44. The Morgan fingerprint density at radius 2 is 1.44 bits per heavy atom. The molecular formula is C29H34FN3O5S. The molecular weight excluding hydrogens is 521 g/mol. The Morgan fingerprint density at radius 3 is 2.00 bits per heavy atom. The van der Waals surface area contributed by atoms with Crippen molar-refractivity contribution in [2.45, 2.75) is 32.0 Å². The quantitative estimate of drug-likeness (QED) is 0.298. The van der Waals surface area contributed by atoms with Crippen molar-refractivity contribution in [1.82, 2.24) is 14.5 Å². The molecule has 3 rings (SSSR count). The molecule has 0 aliphatic rings. The van der Waals surface area contributed by atoms with Gasteiger partial charge < -0.3 is 15.3 Å². The fourth-order valence-electron chi connectivity index (χ4n) is 4.07. The van der Waals surface area contributed by atoms with Crippen LogP contribution < -0.4 is 5.32 Å². The van der Waals surface area contributed by atoms with E-state index in [2.05, 4.69) is 5.32 Å². The zero-order valence-electron chi connectivity index (χ0n) is 21.9. The molecule has 0 spiro atoms. The standard InChI is InChI=1S/C29H34FN3O5S/c1-39(37,38)32(20-24-11-6-3-7-12-24)22-28(35)33(21-25-13-15-26(30)16-14-25)27(29(36)31-17-8-18-34)19-23-9-4-2-5-10-23/h2-7,9-16,27,34H,8,17-22H2,1H3,(H,31,36)/t27-/m1/s1. The van der Waals surface area contributed by atoms with Crippen molar-refractivity contribution in [3.8, 4) is 0 Å². The lowest BCUT2D eigenvalue weighted by Gasteiger charge is -2.33. The van der Waals surface area contributed by atoms with E-state index in [4.69, 9.17) is 5.11 Å². The number of benzene rings is 3. The van der Waals surface area contributed by atoms with Crippen LogP contribution in [0.25, 0.3) is 0 Å². The fourth-order valence-corrected chi connectivity index (χ4v) is 4.80. The summed E-state index contributed by atoms with van der Waals surface area (Å²) in [6.45, 7) is -0.424. The van der Waals surface area contributed by atoms with Crippen molar-refractivity contribution >= 4 is 21.8 Å². The molecule has 0 saturated carbocycles. The molecule has 0 aliphatic carbocycles. The molecule has 208 valence electrons. The molecule has 0 fully saturated rings. The molecule has 2 N–H and O–H groups in total. The SMILES string of the molecule is CS(=O)(=O)N(CC(=O)N(Cc1ccc(F)cc1)[C@H](Cc1ccccc1)C(=O)NCCCO)Cc1ccccc1. The van der Waals surface area contributed by atoms with Crippen LogP contribution in [-0.2, 0) is 39.1 Å². The summed E-state index contributed by atoms with van der Waals surface area (Å²) >= 11 is 0. The molecule has 0 heterocycles. The van der Waals surface area contributed by atoms with E-state index < -0.39 is 40.2 Å². The van der Waals surface area contributed by atoms with Gasteiger partial charge in [0.1, 0.15) is 11.9 Å². The molecule has 0 aromatic heterocycles. The summed E-state index contributed by atoms with van der Waals surface area (Å²) in [5, 5.41) is 11.9. The monoisotopic (exact) mass is 555 g/mol. The Labute approximate surface area is 229 Å². The minimum atomic E-state index is -3.78. The van der Waals surface area contributed by atoms with E-state index in [1.54, 1.807) is 24.3 Å². The minimum Gasteiger partial charge on any atom is -0.396 e. The molecule has 8 nitrogen and oxygen atoms in total. The summed E-state index contributed by atoms with van der Waals surface area (Å²) in [6.07, 6.45) is 1.56. The predicted molar refractivity (Wildman–Crippen MR) is 147 cm³/mol. The van der Waals surface area contributed by atoms with Gasteiger partial charge in [-0.05, 0) is 35.2 Å². The maximum absolute atomic E-state index is 13.9. The first-order valence-corrected chi connectivity index (χ1v) is 14.5. The fraction of sp³-hybridized carbons (Fsp3) is 0.310. The molecule has 1 atom stereocenters. The van der Waals surface area contributed by atoms with Gasteiger partial charge in [0.25, 0.3) is 0 Å². The number of rotatable bonds is 14. The summed E-state index contributed by atoms with van der Waals surface area (Å²) in [5.41, 5.74) is 2.10. The third-order valence-corrected chi connectivity index (χ3v) is 7.35. The van der Waals surface area contributed by atoms with Crippen molar-refractivity contribution in [3.63, 3.8) is 0 Å². The number of hydrogen-bond donors (Lipinski definition) is 2. The van der Waals surface area contributed by atoms with Crippen LogP contribution >= 0.6 is 0 Å². The lowest BCUT2D eigenvalue weighted by molar-refractivity contribution is -0.141. The van der Waals surface area contributed by atoms with Gasteiger partial charge in [-0.25, -0.2) is 12.8 Å². The van der Waals surface area contributed by atoms with E-state index in [-0.39, 0.29) is 32.7 Å². The molecule has 0 saturated heterocycles. The zero-order chi connectivity index (χ0) is 28.3. The first-order chi connectivity index (χ1) is 18.7. The average molecular weight is 556 g/mol. The lowest BCUT2D eigenvalue weighted by Crippen LogP contribution is -2.53. The second kappa shape index (κ2) is 14.5. The van der Waals surface area contributed by atoms with Gasteiger partial charge in [-0.2, -0.15) is 4.31 Å². The Morgan fingerprint density at radius 1 is 0.872 bits per heavy atom. The van der Waals surface area contributed by atoms with Crippen molar-refractivity contribution in [2.24, 2.45) is 0 Å². The molecule has 3 aromatic carbocycles. The Bertz CT molecular complexity index is 1310. The Kier molecular flexibility index (Phi) is 11.2. The van der Waals surface area contributed by atoms with E-state index in [0.29, 0.717) is 17.5 Å². The number of nitrogens with zero attached hydrogens (tertiary/aromatic N) is 2. The van der Waals surface area contributed by atoms with Crippen molar-refractivity contribution < 1.29 is 27.5 Å². The first-order valence-electron chi connectivity index (χ1n) is 12.6. The maximum Gasteiger partial charge on any atom is 0.243 e. The molecule has 2 amide bonds. The molecule has 0 unspecified atom stereocenters. The van der Waals surface area contributed by atoms with Crippen LogP contribution in [0.1, 0.15) is 23.1 Å². The van der Waals surface area contributed by atoms with Gasteiger partial charge in [0.05, 0.1) is 12.8 Å². The molecule has 39 heavy (non-hydrogen) atoms. The normalized spacial score (nSPS) is 12.2. The number of carbonyl (C=O) groups excluding carboxylic acids is 2. The topological polar surface area (TPSA) is 107 Å².